The summed E-state index contributed by atoms with van der Waals surface area (Å²) >= 11 is 0. The van der Waals surface area contributed by atoms with E-state index in [-0.39, 0.29) is 11.7 Å². The monoisotopic (exact) mass is 429 g/mol. The van der Waals surface area contributed by atoms with Crippen LogP contribution >= 0.6 is 0 Å². The van der Waals surface area contributed by atoms with Crippen molar-refractivity contribution in [2.75, 3.05) is 7.05 Å². The fraction of sp³-hybridized carbons (Fsp3) is 0.160. The number of hydrogen-bond acceptors (Lipinski definition) is 3. The molecule has 0 saturated heterocycles. The third kappa shape index (κ3) is 4.51. The van der Waals surface area contributed by atoms with Crippen molar-refractivity contribution in [2.24, 2.45) is 0 Å². The van der Waals surface area contributed by atoms with Crippen LogP contribution in [0.2, 0.25) is 0 Å². The van der Waals surface area contributed by atoms with Crippen LogP contribution in [0, 0.1) is 19.7 Å². The summed E-state index contributed by atoms with van der Waals surface area (Å²) in [7, 11) is 1.76. The molecule has 6 nitrogen and oxygen atoms in total. The van der Waals surface area contributed by atoms with Crippen LogP contribution in [-0.4, -0.2) is 37.4 Å². The summed E-state index contributed by atoms with van der Waals surface area (Å²) in [5.74, 6) is -0.413. The van der Waals surface area contributed by atoms with Crippen LogP contribution in [0.1, 0.15) is 22.5 Å². The molecule has 2 aromatic carbocycles. The molecule has 0 aliphatic carbocycles. The Bertz CT molecular complexity index is 1260. The number of para-hydroxylation sites is 1. The van der Waals surface area contributed by atoms with Crippen LogP contribution in [0.5, 0.6) is 0 Å². The number of aryl methyl sites for hydroxylation is 1. The first-order chi connectivity index (χ1) is 15.4. The highest BCUT2D eigenvalue weighted by atomic mass is 19.1. The summed E-state index contributed by atoms with van der Waals surface area (Å²) in [6, 6.07) is 16.0. The highest BCUT2D eigenvalue weighted by Gasteiger charge is 2.13. The number of amides is 1. The lowest BCUT2D eigenvalue weighted by molar-refractivity contribution is -0.125. The summed E-state index contributed by atoms with van der Waals surface area (Å²) in [6.45, 7) is 4.26. The Morgan fingerprint density at radius 3 is 2.50 bits per heavy atom. The first-order valence-corrected chi connectivity index (χ1v) is 10.3. The standard InChI is InChI=1S/C25H24FN5O/c1-18-24(19(2)31(28-18)23-11-9-21(26)10-12-23)13-14-25(32)29(3)16-20-15-27-30(17-20)22-7-5-4-6-8-22/h4-15,17H,16H2,1-3H3/b14-13+. The number of nitrogens with zero attached hydrogens (tertiary/aromatic N) is 5. The van der Waals surface area contributed by atoms with Crippen LogP contribution in [0.25, 0.3) is 17.5 Å². The molecule has 4 rings (SSSR count). The van der Waals surface area contributed by atoms with E-state index in [1.807, 2.05) is 50.4 Å². The van der Waals surface area contributed by atoms with Crippen LogP contribution in [0.4, 0.5) is 4.39 Å². The second-order valence-corrected chi connectivity index (χ2v) is 7.63. The molecule has 7 heteroatoms. The van der Waals surface area contributed by atoms with Crippen LogP contribution < -0.4 is 0 Å². The molecule has 0 radical (unpaired) electrons. The molecular formula is C25H24FN5O. The zero-order valence-electron chi connectivity index (χ0n) is 18.2. The fourth-order valence-corrected chi connectivity index (χ4v) is 3.53. The van der Waals surface area contributed by atoms with Crippen molar-refractivity contribution in [2.45, 2.75) is 20.4 Å². The van der Waals surface area contributed by atoms with Crippen LogP contribution in [0.3, 0.4) is 0 Å². The van der Waals surface area contributed by atoms with Gasteiger partial charge in [-0.15, -0.1) is 0 Å². The van der Waals surface area contributed by atoms with E-state index in [9.17, 15) is 9.18 Å². The lowest BCUT2D eigenvalue weighted by Gasteiger charge is -2.13. The Hall–Kier alpha value is -4.00. The second kappa shape index (κ2) is 9.01. The molecule has 0 bridgehead atoms. The average molecular weight is 429 g/mol. The van der Waals surface area contributed by atoms with E-state index in [2.05, 4.69) is 10.2 Å². The molecule has 32 heavy (non-hydrogen) atoms. The maximum absolute atomic E-state index is 13.2. The minimum atomic E-state index is -0.293. The number of benzene rings is 2. The third-order valence-electron chi connectivity index (χ3n) is 5.26. The SMILES string of the molecule is Cc1nn(-c2ccc(F)cc2)c(C)c1/C=C/C(=O)N(C)Cc1cnn(-c2ccccc2)c1. The first kappa shape index (κ1) is 21.2. The van der Waals surface area contributed by atoms with Crippen LogP contribution in [-0.2, 0) is 11.3 Å². The number of aromatic nitrogens is 4. The Morgan fingerprint density at radius 2 is 1.78 bits per heavy atom. The van der Waals surface area contributed by atoms with Crippen LogP contribution in [0.15, 0.2) is 73.1 Å². The van der Waals surface area contributed by atoms with Gasteiger partial charge in [-0.25, -0.2) is 13.8 Å². The minimum absolute atomic E-state index is 0.120. The molecule has 0 aliphatic rings. The van der Waals surface area contributed by atoms with E-state index >= 15 is 0 Å². The number of hydrogen-bond donors (Lipinski definition) is 0. The summed E-state index contributed by atoms with van der Waals surface area (Å²) in [6.07, 6.45) is 7.02. The largest absolute Gasteiger partial charge is 0.338 e. The van der Waals surface area contributed by atoms with Crippen molar-refractivity contribution in [1.29, 1.82) is 0 Å². The van der Waals surface area contributed by atoms with E-state index in [0.717, 1.165) is 33.9 Å². The van der Waals surface area contributed by atoms with Gasteiger partial charge in [0.2, 0.25) is 5.91 Å². The smallest absolute Gasteiger partial charge is 0.246 e. The van der Waals surface area contributed by atoms with Gasteiger partial charge in [0.15, 0.2) is 0 Å². The molecule has 0 atom stereocenters. The van der Waals surface area contributed by atoms with Gasteiger partial charge in [0, 0.05) is 42.7 Å². The predicted octanol–water partition coefficient (Wildman–Crippen LogP) is 4.49. The number of halogens is 1. The lowest BCUT2D eigenvalue weighted by atomic mass is 10.1. The highest BCUT2D eigenvalue weighted by molar-refractivity contribution is 5.91. The molecule has 0 aliphatic heterocycles. The van der Waals surface area contributed by atoms with E-state index in [4.69, 9.17) is 0 Å². The van der Waals surface area contributed by atoms with E-state index in [1.165, 1.54) is 12.1 Å². The zero-order valence-corrected chi connectivity index (χ0v) is 18.2. The van der Waals surface area contributed by atoms with Crippen molar-refractivity contribution in [3.63, 3.8) is 0 Å². The quantitative estimate of drug-likeness (QED) is 0.425. The summed E-state index contributed by atoms with van der Waals surface area (Å²) in [5, 5.41) is 8.92. The third-order valence-corrected chi connectivity index (χ3v) is 5.26. The van der Waals surface area contributed by atoms with Gasteiger partial charge >= 0.3 is 0 Å². The zero-order chi connectivity index (χ0) is 22.7. The van der Waals surface area contributed by atoms with Crippen molar-refractivity contribution >= 4 is 12.0 Å². The first-order valence-electron chi connectivity index (χ1n) is 10.3. The fourth-order valence-electron chi connectivity index (χ4n) is 3.53. The summed E-state index contributed by atoms with van der Waals surface area (Å²) < 4.78 is 16.8. The molecule has 2 heterocycles. The van der Waals surface area contributed by atoms with Crippen molar-refractivity contribution < 1.29 is 9.18 Å². The van der Waals surface area contributed by atoms with E-state index in [1.54, 1.807) is 51.8 Å². The average Bonchev–Trinajstić information content (AvgIpc) is 3.37. The molecule has 1 amide bonds. The van der Waals surface area contributed by atoms with Crippen molar-refractivity contribution in [3.8, 4) is 11.4 Å². The van der Waals surface area contributed by atoms with Crippen molar-refractivity contribution in [1.82, 2.24) is 24.5 Å². The number of carbonyl (C=O) groups excluding carboxylic acids is 1. The summed E-state index contributed by atoms with van der Waals surface area (Å²) in [4.78, 5) is 14.3. The molecule has 0 fully saturated rings. The van der Waals surface area contributed by atoms with Gasteiger partial charge in [-0.2, -0.15) is 10.2 Å². The van der Waals surface area contributed by atoms with E-state index in [0.29, 0.717) is 6.54 Å². The van der Waals surface area contributed by atoms with Gasteiger partial charge < -0.3 is 4.90 Å². The molecule has 0 N–H and O–H groups in total. The molecule has 0 saturated carbocycles. The predicted molar refractivity (Wildman–Crippen MR) is 122 cm³/mol. The van der Waals surface area contributed by atoms with Gasteiger partial charge in [0.05, 0.1) is 23.3 Å². The van der Waals surface area contributed by atoms with E-state index < -0.39 is 0 Å². The van der Waals surface area contributed by atoms with Crippen molar-refractivity contribution in [3.05, 3.63) is 101 Å². The molecule has 2 aromatic heterocycles. The topological polar surface area (TPSA) is 56.0 Å². The second-order valence-electron chi connectivity index (χ2n) is 7.63. The number of carbonyl (C=O) groups is 1. The van der Waals surface area contributed by atoms with Gasteiger partial charge in [0.1, 0.15) is 5.82 Å². The Labute approximate surface area is 186 Å². The number of likely N-dealkylation sites (N-methyl/N-ethyl adjacent to an activating group) is 1. The van der Waals surface area contributed by atoms with Gasteiger partial charge in [0.25, 0.3) is 0 Å². The van der Waals surface area contributed by atoms with Gasteiger partial charge in [-0.1, -0.05) is 18.2 Å². The maximum Gasteiger partial charge on any atom is 0.246 e. The molecule has 4 aromatic rings. The lowest BCUT2D eigenvalue weighted by Crippen LogP contribution is -2.23. The molecule has 0 unspecified atom stereocenters. The normalized spacial score (nSPS) is 11.2. The minimum Gasteiger partial charge on any atom is -0.338 e. The Balaban J connectivity index is 1.45. The molecular weight excluding hydrogens is 405 g/mol. The Morgan fingerprint density at radius 1 is 1.06 bits per heavy atom. The molecule has 162 valence electrons. The maximum atomic E-state index is 13.2. The molecule has 0 spiro atoms. The summed E-state index contributed by atoms with van der Waals surface area (Å²) in [5.41, 5.74) is 5.22. The van der Waals surface area contributed by atoms with Gasteiger partial charge in [-0.05, 0) is 56.3 Å². The number of rotatable bonds is 6. The van der Waals surface area contributed by atoms with Gasteiger partial charge in [-0.3, -0.25) is 4.79 Å². The highest BCUT2D eigenvalue weighted by Crippen LogP contribution is 2.20. The Kier molecular flexibility index (Phi) is 5.98.